The first kappa shape index (κ1) is 13.0. The zero-order chi connectivity index (χ0) is 13.2. The van der Waals surface area contributed by atoms with Crippen LogP contribution in [0, 0.1) is 0 Å². The molecule has 1 amide bonds. The Hall–Kier alpha value is -1.46. The summed E-state index contributed by atoms with van der Waals surface area (Å²) in [4.78, 5) is 17.4. The molecule has 1 aromatic heterocycles. The molecule has 18 heavy (non-hydrogen) atoms. The van der Waals surface area contributed by atoms with Gasteiger partial charge in [0.25, 0.3) is 5.91 Å². The molecule has 0 aromatic carbocycles. The van der Waals surface area contributed by atoms with Crippen molar-refractivity contribution in [3.8, 4) is 0 Å². The monoisotopic (exact) mass is 248 g/mol. The quantitative estimate of drug-likeness (QED) is 0.810. The maximum atomic E-state index is 10.9. The van der Waals surface area contributed by atoms with Crippen molar-refractivity contribution >= 4 is 5.91 Å². The highest BCUT2D eigenvalue weighted by molar-refractivity contribution is 5.90. The summed E-state index contributed by atoms with van der Waals surface area (Å²) in [5.41, 5.74) is 6.73. The first-order chi connectivity index (χ1) is 8.49. The average molecular weight is 248 g/mol. The second kappa shape index (κ2) is 5.04. The SMILES string of the molecule is CC1(C)CNCCN1Cc1ccc(C(N)=O)nc1. The fourth-order valence-electron chi connectivity index (χ4n) is 2.20. The second-order valence-corrected chi connectivity index (χ2v) is 5.33. The second-order valence-electron chi connectivity index (χ2n) is 5.33. The molecule has 1 fully saturated rings. The van der Waals surface area contributed by atoms with Crippen LogP contribution in [0.2, 0.25) is 0 Å². The molecule has 98 valence electrons. The van der Waals surface area contributed by atoms with Crippen LogP contribution in [0.25, 0.3) is 0 Å². The number of carbonyl (C=O) groups is 1. The highest BCUT2D eigenvalue weighted by atomic mass is 16.1. The highest BCUT2D eigenvalue weighted by Crippen LogP contribution is 2.19. The van der Waals surface area contributed by atoms with Crippen LogP contribution in [0.1, 0.15) is 29.9 Å². The number of pyridine rings is 1. The van der Waals surface area contributed by atoms with Crippen LogP contribution in [-0.2, 0) is 6.54 Å². The smallest absolute Gasteiger partial charge is 0.267 e. The van der Waals surface area contributed by atoms with Crippen molar-refractivity contribution in [2.24, 2.45) is 5.73 Å². The van der Waals surface area contributed by atoms with Gasteiger partial charge in [-0.2, -0.15) is 0 Å². The number of carbonyl (C=O) groups excluding carboxylic acids is 1. The molecule has 0 unspecified atom stereocenters. The predicted octanol–water partition coefficient (Wildman–Crippen LogP) is 0.364. The van der Waals surface area contributed by atoms with Gasteiger partial charge in [0.05, 0.1) is 0 Å². The molecule has 0 radical (unpaired) electrons. The molecule has 1 saturated heterocycles. The molecule has 0 bridgehead atoms. The Labute approximate surface area is 107 Å². The van der Waals surface area contributed by atoms with Gasteiger partial charge in [-0.05, 0) is 25.5 Å². The summed E-state index contributed by atoms with van der Waals surface area (Å²) >= 11 is 0. The summed E-state index contributed by atoms with van der Waals surface area (Å²) < 4.78 is 0. The summed E-state index contributed by atoms with van der Waals surface area (Å²) in [5.74, 6) is -0.482. The van der Waals surface area contributed by atoms with Gasteiger partial charge in [0.15, 0.2) is 0 Å². The Kier molecular flexibility index (Phi) is 3.63. The van der Waals surface area contributed by atoms with Crippen LogP contribution in [-0.4, -0.2) is 41.0 Å². The van der Waals surface area contributed by atoms with Crippen molar-refractivity contribution in [2.75, 3.05) is 19.6 Å². The van der Waals surface area contributed by atoms with E-state index in [0.717, 1.165) is 31.7 Å². The molecule has 2 heterocycles. The molecule has 5 nitrogen and oxygen atoms in total. The molecule has 3 N–H and O–H groups in total. The number of rotatable bonds is 3. The van der Waals surface area contributed by atoms with Gasteiger partial charge in [-0.15, -0.1) is 0 Å². The fraction of sp³-hybridized carbons (Fsp3) is 0.538. The lowest BCUT2D eigenvalue weighted by atomic mass is 9.99. The molecular formula is C13H20N4O. The van der Waals surface area contributed by atoms with E-state index < -0.39 is 5.91 Å². The standard InChI is InChI=1S/C13H20N4O/c1-13(2)9-15-5-6-17(13)8-10-3-4-11(12(14)18)16-7-10/h3-4,7,15H,5-6,8-9H2,1-2H3,(H2,14,18). The third kappa shape index (κ3) is 2.86. The van der Waals surface area contributed by atoms with Crippen molar-refractivity contribution in [3.63, 3.8) is 0 Å². The van der Waals surface area contributed by atoms with Crippen molar-refractivity contribution in [2.45, 2.75) is 25.9 Å². The zero-order valence-electron chi connectivity index (χ0n) is 10.9. The van der Waals surface area contributed by atoms with E-state index >= 15 is 0 Å². The summed E-state index contributed by atoms with van der Waals surface area (Å²) in [6.07, 6.45) is 1.73. The average Bonchev–Trinajstić information content (AvgIpc) is 2.32. The molecule has 5 heteroatoms. The van der Waals surface area contributed by atoms with E-state index in [9.17, 15) is 4.79 Å². The van der Waals surface area contributed by atoms with Gasteiger partial charge in [0.2, 0.25) is 0 Å². The van der Waals surface area contributed by atoms with E-state index in [1.165, 1.54) is 0 Å². The fourth-order valence-corrected chi connectivity index (χ4v) is 2.20. The largest absolute Gasteiger partial charge is 0.364 e. The van der Waals surface area contributed by atoms with E-state index in [4.69, 9.17) is 5.73 Å². The van der Waals surface area contributed by atoms with E-state index in [2.05, 4.69) is 29.0 Å². The normalized spacial score (nSPS) is 19.7. The van der Waals surface area contributed by atoms with Crippen molar-refractivity contribution in [3.05, 3.63) is 29.6 Å². The highest BCUT2D eigenvalue weighted by Gasteiger charge is 2.29. The van der Waals surface area contributed by atoms with Crippen LogP contribution >= 0.6 is 0 Å². The number of primary amides is 1. The minimum atomic E-state index is -0.482. The molecular weight excluding hydrogens is 228 g/mol. The van der Waals surface area contributed by atoms with Gasteiger partial charge in [0, 0.05) is 37.9 Å². The van der Waals surface area contributed by atoms with Crippen molar-refractivity contribution in [1.29, 1.82) is 0 Å². The molecule has 0 saturated carbocycles. The number of hydrogen-bond acceptors (Lipinski definition) is 4. The molecule has 1 aliphatic rings. The maximum absolute atomic E-state index is 10.9. The van der Waals surface area contributed by atoms with E-state index in [-0.39, 0.29) is 5.54 Å². The van der Waals surface area contributed by atoms with Crippen molar-refractivity contribution in [1.82, 2.24) is 15.2 Å². The molecule has 0 atom stereocenters. The lowest BCUT2D eigenvalue weighted by molar-refractivity contribution is 0.0826. The summed E-state index contributed by atoms with van der Waals surface area (Å²) in [6, 6.07) is 3.61. The van der Waals surface area contributed by atoms with E-state index in [0.29, 0.717) is 5.69 Å². The number of hydrogen-bond donors (Lipinski definition) is 2. The molecule has 0 aliphatic carbocycles. The van der Waals surface area contributed by atoms with Gasteiger partial charge in [-0.3, -0.25) is 14.7 Å². The Morgan fingerprint density at radius 2 is 2.33 bits per heavy atom. The van der Waals surface area contributed by atoms with Gasteiger partial charge < -0.3 is 11.1 Å². The summed E-state index contributed by atoms with van der Waals surface area (Å²) in [5, 5.41) is 3.40. The van der Waals surface area contributed by atoms with E-state index in [1.807, 2.05) is 6.07 Å². The third-order valence-electron chi connectivity index (χ3n) is 3.42. The topological polar surface area (TPSA) is 71.2 Å². The van der Waals surface area contributed by atoms with Crippen LogP contribution in [0.15, 0.2) is 18.3 Å². The number of nitrogens with zero attached hydrogens (tertiary/aromatic N) is 2. The Morgan fingerprint density at radius 1 is 1.56 bits per heavy atom. The number of nitrogens with one attached hydrogen (secondary N) is 1. The molecule has 1 aliphatic heterocycles. The number of piperazine rings is 1. The number of aromatic nitrogens is 1. The van der Waals surface area contributed by atoms with Crippen LogP contribution in [0.4, 0.5) is 0 Å². The minimum Gasteiger partial charge on any atom is -0.364 e. The van der Waals surface area contributed by atoms with Crippen LogP contribution < -0.4 is 11.1 Å². The zero-order valence-corrected chi connectivity index (χ0v) is 10.9. The lowest BCUT2D eigenvalue weighted by Gasteiger charge is -2.42. The molecule has 2 rings (SSSR count). The van der Waals surface area contributed by atoms with Crippen LogP contribution in [0.5, 0.6) is 0 Å². The van der Waals surface area contributed by atoms with Gasteiger partial charge in [-0.25, -0.2) is 0 Å². The van der Waals surface area contributed by atoms with Gasteiger partial charge in [-0.1, -0.05) is 6.07 Å². The van der Waals surface area contributed by atoms with Crippen molar-refractivity contribution < 1.29 is 4.79 Å². The molecule has 0 spiro atoms. The first-order valence-electron chi connectivity index (χ1n) is 6.19. The summed E-state index contributed by atoms with van der Waals surface area (Å²) in [7, 11) is 0. The van der Waals surface area contributed by atoms with Gasteiger partial charge in [0.1, 0.15) is 5.69 Å². The lowest BCUT2D eigenvalue weighted by Crippen LogP contribution is -2.57. The Bertz CT molecular complexity index is 427. The predicted molar refractivity (Wildman–Crippen MR) is 70.1 cm³/mol. The van der Waals surface area contributed by atoms with E-state index in [1.54, 1.807) is 12.3 Å². The minimum absolute atomic E-state index is 0.139. The first-order valence-corrected chi connectivity index (χ1v) is 6.19. The Balaban J connectivity index is 2.06. The number of nitrogens with two attached hydrogens (primary N) is 1. The molecule has 1 aromatic rings. The van der Waals surface area contributed by atoms with Crippen LogP contribution in [0.3, 0.4) is 0 Å². The van der Waals surface area contributed by atoms with Gasteiger partial charge >= 0.3 is 0 Å². The maximum Gasteiger partial charge on any atom is 0.267 e. The summed E-state index contributed by atoms with van der Waals surface area (Å²) in [6.45, 7) is 8.32. The number of amides is 1. The Morgan fingerprint density at radius 3 is 2.89 bits per heavy atom. The third-order valence-corrected chi connectivity index (χ3v) is 3.42.